The Bertz CT molecular complexity index is 1570. The Morgan fingerprint density at radius 3 is 0.747 bits per heavy atom. The molecule has 1 unspecified atom stereocenters. The summed E-state index contributed by atoms with van der Waals surface area (Å²) < 4.78 is 17.0. The van der Waals surface area contributed by atoms with E-state index in [4.69, 9.17) is 14.2 Å². The molecule has 83 heavy (non-hydrogen) atoms. The second-order valence-electron chi connectivity index (χ2n) is 24.1. The van der Waals surface area contributed by atoms with E-state index in [1.807, 2.05) is 0 Å². The number of carbonyl (C=O) groups is 3. The van der Waals surface area contributed by atoms with E-state index in [2.05, 4.69) is 106 Å². The summed E-state index contributed by atoms with van der Waals surface area (Å²) in [6.07, 6.45) is 94.6. The first kappa shape index (κ1) is 79.6. The molecule has 6 nitrogen and oxygen atoms in total. The summed E-state index contributed by atoms with van der Waals surface area (Å²) in [7, 11) is 0. The third-order valence-corrected chi connectivity index (χ3v) is 15.9. The molecule has 0 aromatic heterocycles. The first-order valence-corrected chi connectivity index (χ1v) is 36.1. The molecule has 0 radical (unpaired) electrons. The summed E-state index contributed by atoms with van der Waals surface area (Å²) in [4.78, 5) is 38.5. The zero-order chi connectivity index (χ0) is 59.9. The molecule has 0 aromatic carbocycles. The summed E-state index contributed by atoms with van der Waals surface area (Å²) in [5, 5.41) is 0. The molecular weight excluding hydrogens is 1020 g/mol. The van der Waals surface area contributed by atoms with E-state index < -0.39 is 6.10 Å². The Morgan fingerprint density at radius 1 is 0.253 bits per heavy atom. The lowest BCUT2D eigenvalue weighted by Gasteiger charge is -2.18. The Morgan fingerprint density at radius 2 is 0.470 bits per heavy atom. The lowest BCUT2D eigenvalue weighted by atomic mass is 10.0. The van der Waals surface area contributed by atoms with Crippen molar-refractivity contribution in [1.29, 1.82) is 0 Å². The van der Waals surface area contributed by atoms with E-state index in [0.717, 1.165) is 89.9 Å². The second kappa shape index (κ2) is 71.1. The zero-order valence-corrected chi connectivity index (χ0v) is 55.2. The molecule has 0 N–H and O–H groups in total. The third kappa shape index (κ3) is 69.3. The van der Waals surface area contributed by atoms with E-state index in [0.29, 0.717) is 19.3 Å². The van der Waals surface area contributed by atoms with Crippen molar-refractivity contribution in [3.05, 3.63) is 85.1 Å². The summed E-state index contributed by atoms with van der Waals surface area (Å²) >= 11 is 0. The monoisotopic (exact) mass is 1160 g/mol. The van der Waals surface area contributed by atoms with E-state index in [1.54, 1.807) is 0 Å². The van der Waals surface area contributed by atoms with E-state index in [-0.39, 0.29) is 31.1 Å². The van der Waals surface area contributed by atoms with E-state index in [1.165, 1.54) is 238 Å². The normalized spacial score (nSPS) is 12.6. The molecule has 0 amide bonds. The van der Waals surface area contributed by atoms with Crippen molar-refractivity contribution in [3.8, 4) is 0 Å². The molecule has 0 saturated carbocycles. The van der Waals surface area contributed by atoms with E-state index >= 15 is 0 Å². The van der Waals surface area contributed by atoms with Gasteiger partial charge in [-0.15, -0.1) is 0 Å². The van der Waals surface area contributed by atoms with Gasteiger partial charge in [0.15, 0.2) is 6.10 Å². The molecule has 1 atom stereocenters. The van der Waals surface area contributed by atoms with Crippen LogP contribution in [0.5, 0.6) is 0 Å². The van der Waals surface area contributed by atoms with Crippen LogP contribution in [0.25, 0.3) is 0 Å². The van der Waals surface area contributed by atoms with Gasteiger partial charge in [0, 0.05) is 19.3 Å². The molecule has 6 heteroatoms. The topological polar surface area (TPSA) is 78.9 Å². The first-order valence-electron chi connectivity index (χ1n) is 36.1. The van der Waals surface area contributed by atoms with Gasteiger partial charge in [-0.2, -0.15) is 0 Å². The fourth-order valence-electron chi connectivity index (χ4n) is 10.5. The lowest BCUT2D eigenvalue weighted by molar-refractivity contribution is -0.167. The van der Waals surface area contributed by atoms with Crippen LogP contribution in [0.3, 0.4) is 0 Å². The van der Waals surface area contributed by atoms with Crippen molar-refractivity contribution in [2.24, 2.45) is 0 Å². The smallest absolute Gasteiger partial charge is 0.306 e. The van der Waals surface area contributed by atoms with Crippen LogP contribution in [-0.4, -0.2) is 37.2 Å². The predicted octanol–water partition coefficient (Wildman–Crippen LogP) is 25.0. The molecule has 0 saturated heterocycles. The molecule has 0 aromatic rings. The van der Waals surface area contributed by atoms with Crippen LogP contribution < -0.4 is 0 Å². The van der Waals surface area contributed by atoms with Gasteiger partial charge in [0.2, 0.25) is 0 Å². The maximum absolute atomic E-state index is 13.0. The summed E-state index contributed by atoms with van der Waals surface area (Å²) in [6, 6.07) is 0. The minimum absolute atomic E-state index is 0.0771. The van der Waals surface area contributed by atoms with Gasteiger partial charge in [-0.05, 0) is 116 Å². The second-order valence-corrected chi connectivity index (χ2v) is 24.1. The van der Waals surface area contributed by atoms with Crippen LogP contribution in [0.15, 0.2) is 85.1 Å². The van der Waals surface area contributed by atoms with Crippen LogP contribution in [0.1, 0.15) is 367 Å². The molecule has 0 heterocycles. The molecule has 480 valence electrons. The van der Waals surface area contributed by atoms with Crippen LogP contribution >= 0.6 is 0 Å². The maximum Gasteiger partial charge on any atom is 0.306 e. The highest BCUT2D eigenvalue weighted by Gasteiger charge is 2.19. The maximum atomic E-state index is 13.0. The Labute approximate surface area is 515 Å². The highest BCUT2D eigenvalue weighted by atomic mass is 16.6. The summed E-state index contributed by atoms with van der Waals surface area (Å²) in [5.74, 6) is -0.865. The first-order chi connectivity index (χ1) is 41.0. The number of unbranched alkanes of at least 4 members (excludes halogenated alkanes) is 41. The van der Waals surface area contributed by atoms with Crippen molar-refractivity contribution >= 4 is 17.9 Å². The standard InChI is InChI=1S/C77H136O6/c1-4-7-10-13-16-19-22-25-28-31-33-35-37-38-40-41-43-46-49-52-55-58-61-64-67-70-76(79)82-73-74(72-81-75(78)69-66-63-60-57-54-51-48-45-30-27-24-21-18-15-12-9-6-3)83-77(80)71-68-65-62-59-56-53-50-47-44-42-39-36-34-32-29-26-23-20-17-14-11-8-5-2/h7,10,16,19,23,25-28,30,32-35,74H,4-6,8-9,11-15,17-18,20-22,24,29,31,36-73H2,1-3H3/b10-7-,19-16-,26-23-,28-25-,30-27-,34-32-,35-33-. The molecule has 0 bridgehead atoms. The van der Waals surface area contributed by atoms with Crippen molar-refractivity contribution in [2.45, 2.75) is 374 Å². The number of ether oxygens (including phenoxy) is 3. The van der Waals surface area contributed by atoms with Crippen LogP contribution in [0, 0.1) is 0 Å². The van der Waals surface area contributed by atoms with Gasteiger partial charge in [-0.3, -0.25) is 14.4 Å². The van der Waals surface area contributed by atoms with Gasteiger partial charge in [0.1, 0.15) is 13.2 Å². The number of carbonyl (C=O) groups excluding carboxylic acids is 3. The Balaban J connectivity index is 4.34. The van der Waals surface area contributed by atoms with Gasteiger partial charge >= 0.3 is 17.9 Å². The van der Waals surface area contributed by atoms with Gasteiger partial charge in [-0.1, -0.05) is 318 Å². The van der Waals surface area contributed by atoms with Crippen LogP contribution in [-0.2, 0) is 28.6 Å². The highest BCUT2D eigenvalue weighted by molar-refractivity contribution is 5.71. The average molecular weight is 1160 g/mol. The fraction of sp³-hybridized carbons (Fsp3) is 0.779. The predicted molar refractivity (Wildman–Crippen MR) is 362 cm³/mol. The number of allylic oxidation sites excluding steroid dienone is 14. The van der Waals surface area contributed by atoms with Crippen molar-refractivity contribution in [1.82, 2.24) is 0 Å². The highest BCUT2D eigenvalue weighted by Crippen LogP contribution is 2.17. The lowest BCUT2D eigenvalue weighted by Crippen LogP contribution is -2.30. The van der Waals surface area contributed by atoms with Gasteiger partial charge in [0.05, 0.1) is 0 Å². The van der Waals surface area contributed by atoms with Crippen LogP contribution in [0.4, 0.5) is 0 Å². The molecule has 0 rings (SSSR count). The van der Waals surface area contributed by atoms with Crippen molar-refractivity contribution < 1.29 is 28.6 Å². The SMILES string of the molecule is CC/C=C\C/C=C\C/C=C\C/C=C\CCCCCCCCCCCCCCC(=O)OCC(COC(=O)CCCCCCCCC/C=C\CCCCCCCC)OC(=O)CCCCCCCCCCCCC/C=C\C/C=C\CCCCCCC. The fourth-order valence-corrected chi connectivity index (χ4v) is 10.5. The summed E-state index contributed by atoms with van der Waals surface area (Å²) in [5.41, 5.74) is 0. The number of rotatable bonds is 66. The van der Waals surface area contributed by atoms with E-state index in [9.17, 15) is 14.4 Å². The quantitative estimate of drug-likeness (QED) is 0.0261. The van der Waals surface area contributed by atoms with Crippen LogP contribution in [0.2, 0.25) is 0 Å². The largest absolute Gasteiger partial charge is 0.462 e. The average Bonchev–Trinajstić information content (AvgIpc) is 3.49. The molecular formula is C77H136O6. The number of hydrogen-bond acceptors (Lipinski definition) is 6. The molecule has 0 spiro atoms. The summed E-state index contributed by atoms with van der Waals surface area (Å²) in [6.45, 7) is 6.56. The minimum atomic E-state index is -0.782. The zero-order valence-electron chi connectivity index (χ0n) is 55.2. The number of esters is 3. The molecule has 0 fully saturated rings. The Hall–Kier alpha value is -3.41. The van der Waals surface area contributed by atoms with Gasteiger partial charge < -0.3 is 14.2 Å². The number of hydrogen-bond donors (Lipinski definition) is 0. The van der Waals surface area contributed by atoms with Crippen molar-refractivity contribution in [3.63, 3.8) is 0 Å². The third-order valence-electron chi connectivity index (χ3n) is 15.9. The Kier molecular flexibility index (Phi) is 68.2. The van der Waals surface area contributed by atoms with Crippen molar-refractivity contribution in [2.75, 3.05) is 13.2 Å². The van der Waals surface area contributed by atoms with Gasteiger partial charge in [0.25, 0.3) is 0 Å². The molecule has 0 aliphatic carbocycles. The minimum Gasteiger partial charge on any atom is -0.462 e. The van der Waals surface area contributed by atoms with Gasteiger partial charge in [-0.25, -0.2) is 0 Å². The molecule has 0 aliphatic heterocycles. The molecule has 0 aliphatic rings.